The van der Waals surface area contributed by atoms with Gasteiger partial charge in [-0.05, 0) is 132 Å². The molecule has 1 aromatic heterocycles. The molecule has 0 bridgehead atoms. The first-order valence-electron chi connectivity index (χ1n) is 22.1. The summed E-state index contributed by atoms with van der Waals surface area (Å²) >= 11 is 1.91. The van der Waals surface area contributed by atoms with Gasteiger partial charge in [-0.1, -0.05) is 163 Å². The Bertz CT molecular complexity index is 3530. The van der Waals surface area contributed by atoms with Crippen LogP contribution in [-0.2, 0) is 10.8 Å². The number of benzene rings is 10. The molecule has 0 aliphatic heterocycles. The predicted octanol–water partition coefficient (Wildman–Crippen LogP) is 18.2. The van der Waals surface area contributed by atoms with Gasteiger partial charge in [-0.25, -0.2) is 0 Å². The summed E-state index contributed by atoms with van der Waals surface area (Å²) in [5.74, 6) is 0. The number of nitrogens with zero attached hydrogens (tertiary/aromatic N) is 2. The predicted molar refractivity (Wildman–Crippen MR) is 276 cm³/mol. The van der Waals surface area contributed by atoms with Crippen molar-refractivity contribution in [3.05, 3.63) is 205 Å². The van der Waals surface area contributed by atoms with Gasteiger partial charge in [0.15, 0.2) is 0 Å². The minimum absolute atomic E-state index is 0.0665. The van der Waals surface area contributed by atoms with Gasteiger partial charge in [-0.2, -0.15) is 0 Å². The monoisotopic (exact) mass is 830 g/mol. The Morgan fingerprint density at radius 1 is 0.317 bits per heavy atom. The molecule has 0 aliphatic rings. The third-order valence-electron chi connectivity index (χ3n) is 12.9. The minimum Gasteiger partial charge on any atom is -0.310 e. The molecule has 11 aromatic rings. The maximum Gasteiger partial charge on any atom is 0.0476 e. The molecule has 10 aromatic carbocycles. The second-order valence-electron chi connectivity index (χ2n) is 19.1. The van der Waals surface area contributed by atoms with Crippen LogP contribution in [0.15, 0.2) is 194 Å². The average Bonchev–Trinajstić information content (AvgIpc) is 3.68. The van der Waals surface area contributed by atoms with Crippen LogP contribution in [0.5, 0.6) is 0 Å². The van der Waals surface area contributed by atoms with Gasteiger partial charge >= 0.3 is 0 Å². The third-order valence-corrected chi connectivity index (χ3v) is 14.1. The third kappa shape index (κ3) is 6.88. The highest BCUT2D eigenvalue weighted by Gasteiger charge is 2.22. The topological polar surface area (TPSA) is 6.48 Å². The maximum absolute atomic E-state index is 2.42. The molecule has 0 spiro atoms. The van der Waals surface area contributed by atoms with E-state index in [-0.39, 0.29) is 10.8 Å². The van der Waals surface area contributed by atoms with Gasteiger partial charge in [0, 0.05) is 59.7 Å². The van der Waals surface area contributed by atoms with Crippen LogP contribution in [0, 0.1) is 0 Å². The smallest absolute Gasteiger partial charge is 0.0476 e. The molecule has 1 heterocycles. The SMILES string of the molecule is CC(C)(C)c1ccc(N(c2ccc3ccccc3c2)c2ccc3c(c2)sc2c4ccc(N(c5ccc(C(C)(C)C)cc5)c5ccc6ccccc6c5)cc4c4ccccc4c32)cc1. The van der Waals surface area contributed by atoms with Crippen LogP contribution in [-0.4, -0.2) is 0 Å². The number of thiophene rings is 1. The van der Waals surface area contributed by atoms with Gasteiger partial charge in [0.2, 0.25) is 0 Å². The summed E-state index contributed by atoms with van der Waals surface area (Å²) < 4.78 is 2.60. The normalized spacial score (nSPS) is 12.3. The average molecular weight is 831 g/mol. The van der Waals surface area contributed by atoms with Crippen LogP contribution in [0.4, 0.5) is 34.1 Å². The molecule has 0 saturated heterocycles. The van der Waals surface area contributed by atoms with Crippen molar-refractivity contribution in [2.75, 3.05) is 9.80 Å². The molecule has 2 nitrogen and oxygen atoms in total. The summed E-state index contributed by atoms with van der Waals surface area (Å²) in [4.78, 5) is 4.84. The van der Waals surface area contributed by atoms with Crippen molar-refractivity contribution in [2.45, 2.75) is 52.4 Å². The zero-order valence-corrected chi connectivity index (χ0v) is 37.6. The van der Waals surface area contributed by atoms with E-state index in [1.807, 2.05) is 11.3 Å². The van der Waals surface area contributed by atoms with Crippen molar-refractivity contribution in [1.82, 2.24) is 0 Å². The Balaban J connectivity index is 1.09. The molecule has 0 fully saturated rings. The molecule has 306 valence electrons. The zero-order chi connectivity index (χ0) is 43.0. The molecule has 0 N–H and O–H groups in total. The van der Waals surface area contributed by atoms with Crippen LogP contribution >= 0.6 is 11.3 Å². The highest BCUT2D eigenvalue weighted by atomic mass is 32.1. The van der Waals surface area contributed by atoms with Crippen LogP contribution in [0.25, 0.3) is 63.3 Å². The molecular weight excluding hydrogens is 781 g/mol. The Morgan fingerprint density at radius 3 is 1.25 bits per heavy atom. The van der Waals surface area contributed by atoms with Crippen molar-refractivity contribution in [2.24, 2.45) is 0 Å². The fraction of sp³-hybridized carbons (Fsp3) is 0.133. The molecule has 3 heteroatoms. The number of fused-ring (bicyclic) bond motifs is 10. The van der Waals surface area contributed by atoms with E-state index in [0.717, 1.165) is 34.1 Å². The highest BCUT2D eigenvalue weighted by molar-refractivity contribution is 7.27. The Labute approximate surface area is 374 Å². The first-order chi connectivity index (χ1) is 30.5. The molecule has 0 unspecified atom stereocenters. The fourth-order valence-corrected chi connectivity index (χ4v) is 10.7. The fourth-order valence-electron chi connectivity index (χ4n) is 9.46. The summed E-state index contributed by atoms with van der Waals surface area (Å²) in [5, 5.41) is 12.6. The van der Waals surface area contributed by atoms with E-state index >= 15 is 0 Å². The lowest BCUT2D eigenvalue weighted by atomic mass is 9.87. The van der Waals surface area contributed by atoms with Crippen molar-refractivity contribution >= 4 is 109 Å². The Hall–Kier alpha value is -6.94. The molecular formula is C60H50N2S. The number of hydrogen-bond donors (Lipinski definition) is 0. The van der Waals surface area contributed by atoms with Gasteiger partial charge in [-0.15, -0.1) is 11.3 Å². The first-order valence-corrected chi connectivity index (χ1v) is 22.9. The molecule has 63 heavy (non-hydrogen) atoms. The van der Waals surface area contributed by atoms with E-state index in [4.69, 9.17) is 0 Å². The summed E-state index contributed by atoms with van der Waals surface area (Å²) in [6, 6.07) is 72.4. The quantitative estimate of drug-likeness (QED) is 0.154. The molecule has 0 radical (unpaired) electrons. The van der Waals surface area contributed by atoms with E-state index in [1.54, 1.807) is 0 Å². The van der Waals surface area contributed by atoms with Crippen LogP contribution in [0.3, 0.4) is 0 Å². The van der Waals surface area contributed by atoms with E-state index < -0.39 is 0 Å². The largest absolute Gasteiger partial charge is 0.310 e. The van der Waals surface area contributed by atoms with Gasteiger partial charge in [0.25, 0.3) is 0 Å². The number of anilines is 6. The van der Waals surface area contributed by atoms with Crippen molar-refractivity contribution < 1.29 is 0 Å². The summed E-state index contributed by atoms with van der Waals surface area (Å²) in [6.45, 7) is 13.7. The molecule has 11 rings (SSSR count). The first kappa shape index (κ1) is 38.9. The van der Waals surface area contributed by atoms with E-state index in [2.05, 4.69) is 245 Å². The molecule has 0 atom stereocenters. The zero-order valence-electron chi connectivity index (χ0n) is 36.8. The van der Waals surface area contributed by atoms with E-state index in [9.17, 15) is 0 Å². The Kier molecular flexibility index (Phi) is 9.19. The lowest BCUT2D eigenvalue weighted by molar-refractivity contribution is 0.590. The van der Waals surface area contributed by atoms with E-state index in [1.165, 1.54) is 74.4 Å². The van der Waals surface area contributed by atoms with Crippen molar-refractivity contribution in [1.29, 1.82) is 0 Å². The maximum atomic E-state index is 2.42. The molecule has 0 saturated carbocycles. The standard InChI is InChI=1S/C60H50N2S/c1-59(2,3)43-21-27-45(28-22-43)61(47-25-19-39-13-7-9-15-41(39)35-47)49-31-33-53-55(37-49)51-17-11-12-18-52(51)57-54-34-32-50(38-56(54)63-58(53)57)62(46-29-23-44(24-30-46)60(4,5)6)48-26-20-40-14-8-10-16-42(40)36-48/h7-38H,1-6H3. The van der Waals surface area contributed by atoms with Gasteiger partial charge in [0.1, 0.15) is 0 Å². The van der Waals surface area contributed by atoms with Gasteiger partial charge in [-0.3, -0.25) is 0 Å². The van der Waals surface area contributed by atoms with Crippen LogP contribution < -0.4 is 9.80 Å². The van der Waals surface area contributed by atoms with Crippen molar-refractivity contribution in [3.8, 4) is 0 Å². The van der Waals surface area contributed by atoms with Crippen LogP contribution in [0.2, 0.25) is 0 Å². The lowest BCUT2D eigenvalue weighted by Gasteiger charge is -2.27. The second kappa shape index (κ2) is 14.9. The minimum atomic E-state index is 0.0665. The molecule has 0 aliphatic carbocycles. The highest BCUT2D eigenvalue weighted by Crippen LogP contribution is 2.48. The summed E-state index contributed by atoms with van der Waals surface area (Å²) in [7, 11) is 0. The summed E-state index contributed by atoms with van der Waals surface area (Å²) in [5.41, 5.74) is 9.63. The molecule has 0 amide bonds. The van der Waals surface area contributed by atoms with Crippen molar-refractivity contribution in [3.63, 3.8) is 0 Å². The van der Waals surface area contributed by atoms with E-state index in [0.29, 0.717) is 0 Å². The number of rotatable bonds is 6. The second-order valence-corrected chi connectivity index (χ2v) is 20.1. The van der Waals surface area contributed by atoms with Gasteiger partial charge in [0.05, 0.1) is 0 Å². The lowest BCUT2D eigenvalue weighted by Crippen LogP contribution is -2.13. The van der Waals surface area contributed by atoms with Gasteiger partial charge < -0.3 is 9.80 Å². The Morgan fingerprint density at radius 2 is 0.730 bits per heavy atom. The summed E-state index contributed by atoms with van der Waals surface area (Å²) in [6.07, 6.45) is 0. The van der Waals surface area contributed by atoms with Crippen LogP contribution in [0.1, 0.15) is 52.7 Å². The number of hydrogen-bond acceptors (Lipinski definition) is 3.